The Morgan fingerprint density at radius 1 is 1.13 bits per heavy atom. The van der Waals surface area contributed by atoms with Crippen LogP contribution in [0.3, 0.4) is 0 Å². The second kappa shape index (κ2) is 6.35. The van der Waals surface area contributed by atoms with E-state index in [2.05, 4.69) is 9.88 Å². The highest BCUT2D eigenvalue weighted by Crippen LogP contribution is 2.26. The summed E-state index contributed by atoms with van der Waals surface area (Å²) < 4.78 is 0. The van der Waals surface area contributed by atoms with Crippen molar-refractivity contribution in [1.82, 2.24) is 14.9 Å². The van der Waals surface area contributed by atoms with Gasteiger partial charge in [0, 0.05) is 31.1 Å². The maximum atomic E-state index is 12.9. The molecule has 1 unspecified atom stereocenters. The quantitative estimate of drug-likeness (QED) is 0.846. The van der Waals surface area contributed by atoms with Gasteiger partial charge < -0.3 is 9.80 Å². The molecule has 1 amide bonds. The summed E-state index contributed by atoms with van der Waals surface area (Å²) in [6, 6.07) is 7.80. The van der Waals surface area contributed by atoms with Crippen LogP contribution in [0.5, 0.6) is 0 Å². The minimum atomic E-state index is -0.0754. The van der Waals surface area contributed by atoms with Gasteiger partial charge in [0.15, 0.2) is 0 Å². The summed E-state index contributed by atoms with van der Waals surface area (Å²) in [6.45, 7) is 2.63. The highest BCUT2D eigenvalue weighted by molar-refractivity contribution is 7.99. The molecule has 120 valence electrons. The number of benzene rings is 1. The number of amides is 1. The van der Waals surface area contributed by atoms with Crippen molar-refractivity contribution in [3.8, 4) is 0 Å². The molecule has 0 aliphatic carbocycles. The minimum Gasteiger partial charge on any atom is -0.343 e. The summed E-state index contributed by atoms with van der Waals surface area (Å²) in [5, 5.41) is 0. The van der Waals surface area contributed by atoms with E-state index in [4.69, 9.17) is 4.98 Å². The van der Waals surface area contributed by atoms with Crippen molar-refractivity contribution < 1.29 is 4.79 Å². The summed E-state index contributed by atoms with van der Waals surface area (Å²) in [5.41, 5.74) is 1.78. The van der Waals surface area contributed by atoms with Gasteiger partial charge in [0.25, 0.3) is 0 Å². The Morgan fingerprint density at radius 2 is 1.91 bits per heavy atom. The van der Waals surface area contributed by atoms with E-state index in [0.29, 0.717) is 0 Å². The van der Waals surface area contributed by atoms with E-state index in [0.717, 1.165) is 60.8 Å². The summed E-state index contributed by atoms with van der Waals surface area (Å²) in [6.07, 6.45) is 3.75. The van der Waals surface area contributed by atoms with Crippen LogP contribution in [-0.4, -0.2) is 58.0 Å². The molecule has 23 heavy (non-hydrogen) atoms. The molecule has 5 nitrogen and oxygen atoms in total. The van der Waals surface area contributed by atoms with Gasteiger partial charge in [-0.1, -0.05) is 12.1 Å². The van der Waals surface area contributed by atoms with Crippen LogP contribution >= 0.6 is 11.8 Å². The molecular weight excluding hydrogens is 308 g/mol. The van der Waals surface area contributed by atoms with E-state index in [1.807, 2.05) is 40.9 Å². The van der Waals surface area contributed by atoms with Gasteiger partial charge in [-0.3, -0.25) is 9.78 Å². The molecule has 0 spiro atoms. The van der Waals surface area contributed by atoms with Crippen molar-refractivity contribution in [3.05, 3.63) is 30.5 Å². The van der Waals surface area contributed by atoms with Gasteiger partial charge in [0.2, 0.25) is 5.91 Å². The number of anilines is 1. The predicted molar refractivity (Wildman–Crippen MR) is 93.8 cm³/mol. The Kier molecular flexibility index (Phi) is 4.08. The molecule has 0 N–H and O–H groups in total. The molecule has 1 atom stereocenters. The number of nitrogens with zero attached hydrogens (tertiary/aromatic N) is 4. The summed E-state index contributed by atoms with van der Waals surface area (Å²) in [4.78, 5) is 26.3. The fourth-order valence-electron chi connectivity index (χ4n) is 3.38. The van der Waals surface area contributed by atoms with Crippen LogP contribution in [0.15, 0.2) is 30.5 Å². The SMILES string of the molecule is O=C(C1CCCN1c1cnc2ccccc2n1)N1CCSCC1. The summed E-state index contributed by atoms with van der Waals surface area (Å²) >= 11 is 1.93. The fraction of sp³-hybridized carbons (Fsp3) is 0.471. The van der Waals surface area contributed by atoms with Gasteiger partial charge in [-0.15, -0.1) is 0 Å². The number of para-hydroxylation sites is 2. The number of carbonyl (C=O) groups is 1. The van der Waals surface area contributed by atoms with E-state index in [1.165, 1.54) is 0 Å². The predicted octanol–water partition coefficient (Wildman–Crippen LogP) is 2.17. The zero-order valence-electron chi connectivity index (χ0n) is 13.0. The number of fused-ring (bicyclic) bond motifs is 1. The van der Waals surface area contributed by atoms with Gasteiger partial charge in [-0.2, -0.15) is 11.8 Å². The molecule has 4 rings (SSSR count). The highest BCUT2D eigenvalue weighted by atomic mass is 32.2. The molecule has 3 heterocycles. The van der Waals surface area contributed by atoms with E-state index >= 15 is 0 Å². The topological polar surface area (TPSA) is 49.3 Å². The first-order valence-electron chi connectivity index (χ1n) is 8.18. The van der Waals surface area contributed by atoms with Crippen molar-refractivity contribution in [2.24, 2.45) is 0 Å². The third-order valence-corrected chi connectivity index (χ3v) is 5.53. The van der Waals surface area contributed by atoms with Crippen LogP contribution in [0.2, 0.25) is 0 Å². The third kappa shape index (κ3) is 2.87. The standard InChI is InChI=1S/C17H20N4OS/c22-17(20-8-10-23-11-9-20)15-6-3-7-21(15)16-12-18-13-4-1-2-5-14(13)19-16/h1-2,4-5,12,15H,3,6-11H2. The molecular formula is C17H20N4OS. The first-order chi connectivity index (χ1) is 11.3. The van der Waals surface area contributed by atoms with Gasteiger partial charge in [0.05, 0.1) is 17.2 Å². The molecule has 2 aromatic rings. The second-order valence-electron chi connectivity index (χ2n) is 6.01. The molecule has 2 aliphatic heterocycles. The highest BCUT2D eigenvalue weighted by Gasteiger charge is 2.35. The summed E-state index contributed by atoms with van der Waals surface area (Å²) in [7, 11) is 0. The maximum Gasteiger partial charge on any atom is 0.245 e. The normalized spacial score (nSPS) is 21.8. The molecule has 2 fully saturated rings. The number of thioether (sulfide) groups is 1. The van der Waals surface area contributed by atoms with Crippen molar-refractivity contribution in [3.63, 3.8) is 0 Å². The molecule has 2 saturated heterocycles. The zero-order chi connectivity index (χ0) is 15.6. The fourth-order valence-corrected chi connectivity index (χ4v) is 4.28. The number of rotatable bonds is 2. The van der Waals surface area contributed by atoms with Crippen molar-refractivity contribution in [2.45, 2.75) is 18.9 Å². The van der Waals surface area contributed by atoms with Crippen molar-refractivity contribution in [1.29, 1.82) is 0 Å². The Morgan fingerprint density at radius 3 is 2.74 bits per heavy atom. The molecule has 1 aromatic heterocycles. The molecule has 0 bridgehead atoms. The van der Waals surface area contributed by atoms with E-state index in [-0.39, 0.29) is 11.9 Å². The number of hydrogen-bond donors (Lipinski definition) is 0. The monoisotopic (exact) mass is 328 g/mol. The molecule has 2 aliphatic rings. The number of hydrogen-bond acceptors (Lipinski definition) is 5. The van der Waals surface area contributed by atoms with Crippen LogP contribution in [0, 0.1) is 0 Å². The smallest absolute Gasteiger partial charge is 0.245 e. The van der Waals surface area contributed by atoms with Crippen LogP contribution in [0.4, 0.5) is 5.82 Å². The number of aromatic nitrogens is 2. The van der Waals surface area contributed by atoms with Crippen LogP contribution in [0.1, 0.15) is 12.8 Å². The second-order valence-corrected chi connectivity index (χ2v) is 7.23. The lowest BCUT2D eigenvalue weighted by atomic mass is 10.2. The molecule has 0 radical (unpaired) electrons. The Balaban J connectivity index is 1.59. The Bertz CT molecular complexity index is 717. The maximum absolute atomic E-state index is 12.9. The summed E-state index contributed by atoms with van der Waals surface area (Å²) in [5.74, 6) is 3.19. The largest absolute Gasteiger partial charge is 0.343 e. The first kappa shape index (κ1) is 14.8. The average molecular weight is 328 g/mol. The average Bonchev–Trinajstić information content (AvgIpc) is 3.11. The van der Waals surface area contributed by atoms with Gasteiger partial charge in [0.1, 0.15) is 11.9 Å². The van der Waals surface area contributed by atoms with E-state index < -0.39 is 0 Å². The van der Waals surface area contributed by atoms with E-state index in [9.17, 15) is 4.79 Å². The molecule has 0 saturated carbocycles. The Hall–Kier alpha value is -1.82. The van der Waals surface area contributed by atoms with Crippen molar-refractivity contribution in [2.75, 3.05) is 36.0 Å². The van der Waals surface area contributed by atoms with Crippen LogP contribution in [0.25, 0.3) is 11.0 Å². The lowest BCUT2D eigenvalue weighted by molar-refractivity contribution is -0.132. The van der Waals surface area contributed by atoms with Gasteiger partial charge >= 0.3 is 0 Å². The van der Waals surface area contributed by atoms with E-state index in [1.54, 1.807) is 6.20 Å². The van der Waals surface area contributed by atoms with Crippen molar-refractivity contribution >= 4 is 34.5 Å². The Labute approximate surface area is 140 Å². The lowest BCUT2D eigenvalue weighted by Crippen LogP contribution is -2.48. The third-order valence-electron chi connectivity index (χ3n) is 4.59. The first-order valence-corrected chi connectivity index (χ1v) is 9.33. The minimum absolute atomic E-state index is 0.0754. The van der Waals surface area contributed by atoms with Gasteiger partial charge in [-0.05, 0) is 25.0 Å². The number of carbonyl (C=O) groups excluding carboxylic acids is 1. The zero-order valence-corrected chi connectivity index (χ0v) is 13.8. The van der Waals surface area contributed by atoms with Crippen LogP contribution in [-0.2, 0) is 4.79 Å². The molecule has 6 heteroatoms. The molecule has 1 aromatic carbocycles. The lowest BCUT2D eigenvalue weighted by Gasteiger charge is -2.32. The van der Waals surface area contributed by atoms with Gasteiger partial charge in [-0.25, -0.2) is 4.98 Å². The van der Waals surface area contributed by atoms with Crippen LogP contribution < -0.4 is 4.90 Å².